The second-order valence-electron chi connectivity index (χ2n) is 8.20. The van der Waals surface area contributed by atoms with Crippen LogP contribution in [0.2, 0.25) is 0 Å². The van der Waals surface area contributed by atoms with Crippen molar-refractivity contribution in [1.29, 1.82) is 5.41 Å². The highest BCUT2D eigenvalue weighted by Crippen LogP contribution is 2.33. The summed E-state index contributed by atoms with van der Waals surface area (Å²) >= 11 is 0. The summed E-state index contributed by atoms with van der Waals surface area (Å²) in [7, 11) is 1.79. The molecule has 1 amide bonds. The molecule has 4 rings (SSSR count). The fourth-order valence-corrected chi connectivity index (χ4v) is 4.46. The molecule has 0 bridgehead atoms. The molecule has 3 N–H and O–H groups in total. The lowest BCUT2D eigenvalue weighted by molar-refractivity contribution is 0.0479. The molecule has 1 aliphatic carbocycles. The smallest absolute Gasteiger partial charge is 0.254 e. The molecular weight excluding hydrogens is 376 g/mol. The zero-order valence-corrected chi connectivity index (χ0v) is 17.5. The molecule has 156 valence electrons. The van der Waals surface area contributed by atoms with E-state index >= 15 is 0 Å². The molecule has 2 aromatic rings. The minimum Gasteiger partial charge on any atom is -0.394 e. The number of allylic oxidation sites excluding steroid dienone is 1. The number of carbonyl (C=O) groups excluding carboxylic acids is 1. The number of aryl methyl sites for hydroxylation is 1. The number of nitrogens with one attached hydrogen (secondary N) is 2. The van der Waals surface area contributed by atoms with Crippen LogP contribution in [0.25, 0.3) is 0 Å². The Labute approximate surface area is 177 Å². The Morgan fingerprint density at radius 3 is 2.87 bits per heavy atom. The van der Waals surface area contributed by atoms with Gasteiger partial charge in [-0.1, -0.05) is 12.1 Å². The third kappa shape index (κ3) is 3.87. The van der Waals surface area contributed by atoms with Gasteiger partial charge in [-0.3, -0.25) is 15.2 Å². The van der Waals surface area contributed by atoms with Crippen molar-refractivity contribution in [2.75, 3.05) is 7.05 Å². The van der Waals surface area contributed by atoms with Gasteiger partial charge in [0.1, 0.15) is 0 Å². The van der Waals surface area contributed by atoms with E-state index in [1.165, 1.54) is 0 Å². The summed E-state index contributed by atoms with van der Waals surface area (Å²) in [6, 6.07) is 7.91. The third-order valence-electron chi connectivity index (χ3n) is 6.15. The van der Waals surface area contributed by atoms with Crippen LogP contribution in [0.5, 0.6) is 0 Å². The number of nitrogens with zero attached hydrogens (tertiary/aromatic N) is 2. The van der Waals surface area contributed by atoms with Gasteiger partial charge in [0.05, 0.1) is 23.6 Å². The highest BCUT2D eigenvalue weighted by molar-refractivity contribution is 6.04. The number of aromatic nitrogens is 1. The van der Waals surface area contributed by atoms with E-state index in [0.717, 1.165) is 47.1 Å². The summed E-state index contributed by atoms with van der Waals surface area (Å²) in [5.41, 5.74) is 6.10. The van der Waals surface area contributed by atoms with Crippen LogP contribution in [-0.2, 0) is 13.0 Å². The van der Waals surface area contributed by atoms with E-state index in [9.17, 15) is 9.90 Å². The topological polar surface area (TPSA) is 89.3 Å². The van der Waals surface area contributed by atoms with Gasteiger partial charge in [-0.25, -0.2) is 0 Å². The van der Waals surface area contributed by atoms with E-state index < -0.39 is 6.10 Å². The van der Waals surface area contributed by atoms with Crippen LogP contribution < -0.4 is 5.32 Å². The first-order chi connectivity index (χ1) is 14.5. The normalized spacial score (nSPS) is 20.8. The molecular formula is C24H28N4O2. The van der Waals surface area contributed by atoms with Crippen LogP contribution in [0.4, 0.5) is 0 Å². The predicted octanol–water partition coefficient (Wildman–Crippen LogP) is 2.95. The molecule has 0 radical (unpaired) electrons. The van der Waals surface area contributed by atoms with Gasteiger partial charge in [0.2, 0.25) is 0 Å². The highest BCUT2D eigenvalue weighted by atomic mass is 16.3. The van der Waals surface area contributed by atoms with Gasteiger partial charge >= 0.3 is 0 Å². The Morgan fingerprint density at radius 2 is 2.20 bits per heavy atom. The number of aliphatic hydroxyl groups excluding tert-OH is 1. The molecule has 2 atom stereocenters. The first-order valence-electron chi connectivity index (χ1n) is 10.5. The van der Waals surface area contributed by atoms with Gasteiger partial charge in [0, 0.05) is 25.4 Å². The average molecular weight is 405 g/mol. The minimum absolute atomic E-state index is 0.0374. The van der Waals surface area contributed by atoms with E-state index in [2.05, 4.69) is 23.3 Å². The molecule has 2 heterocycles. The van der Waals surface area contributed by atoms with Gasteiger partial charge in [-0.2, -0.15) is 0 Å². The second kappa shape index (κ2) is 8.40. The molecule has 1 aliphatic heterocycles. The van der Waals surface area contributed by atoms with Crippen molar-refractivity contribution in [3.05, 3.63) is 76.2 Å². The number of benzene rings is 1. The monoisotopic (exact) mass is 404 g/mol. The standard InChI is InChI=1S/C24H28N4O2/c1-15-10-18-14-28(22-4-3-5-23(22)29)24(30)19(18)12-17(15)11-16-6-7-21(27-13-16)20(25)8-9-26-2/h6-10,12-13,22-23,25-26,29H,3-5,11,14H2,1-2H3/b9-8-,25-20?/t22-,23-/m0/s1. The van der Waals surface area contributed by atoms with Crippen LogP contribution in [0, 0.1) is 12.3 Å². The van der Waals surface area contributed by atoms with E-state index in [1.54, 1.807) is 25.5 Å². The molecule has 0 spiro atoms. The summed E-state index contributed by atoms with van der Waals surface area (Å²) in [5.74, 6) is 0.0374. The zero-order valence-electron chi connectivity index (χ0n) is 17.5. The van der Waals surface area contributed by atoms with Gasteiger partial charge < -0.3 is 15.3 Å². The second-order valence-corrected chi connectivity index (χ2v) is 8.20. The molecule has 0 saturated heterocycles. The third-order valence-corrected chi connectivity index (χ3v) is 6.15. The summed E-state index contributed by atoms with van der Waals surface area (Å²) in [5, 5.41) is 21.1. The number of pyridine rings is 1. The molecule has 2 aliphatic rings. The fourth-order valence-electron chi connectivity index (χ4n) is 4.46. The molecule has 1 aromatic heterocycles. The average Bonchev–Trinajstić information content (AvgIpc) is 3.30. The minimum atomic E-state index is -0.407. The predicted molar refractivity (Wildman–Crippen MR) is 117 cm³/mol. The number of carbonyl (C=O) groups is 1. The van der Waals surface area contributed by atoms with Crippen LogP contribution in [0.15, 0.2) is 42.7 Å². The van der Waals surface area contributed by atoms with Crippen molar-refractivity contribution < 1.29 is 9.90 Å². The highest BCUT2D eigenvalue weighted by Gasteiger charge is 2.38. The van der Waals surface area contributed by atoms with Crippen molar-refractivity contribution in [2.45, 2.75) is 51.3 Å². The first kappa shape index (κ1) is 20.3. The SMILES string of the molecule is CN/C=C\C(=N)c1ccc(Cc2cc3c(cc2C)CN([C@H]2CCC[C@@H]2O)C3=O)cn1. The van der Waals surface area contributed by atoms with Crippen molar-refractivity contribution in [1.82, 2.24) is 15.2 Å². The van der Waals surface area contributed by atoms with Crippen LogP contribution in [-0.4, -0.2) is 45.8 Å². The summed E-state index contributed by atoms with van der Waals surface area (Å²) in [6.07, 6.45) is 8.08. The number of rotatable bonds is 6. The van der Waals surface area contributed by atoms with Crippen LogP contribution in [0.3, 0.4) is 0 Å². The number of amides is 1. The number of hydrogen-bond donors (Lipinski definition) is 3. The lowest BCUT2D eigenvalue weighted by Gasteiger charge is -2.26. The molecule has 1 saturated carbocycles. The Morgan fingerprint density at radius 1 is 1.37 bits per heavy atom. The molecule has 6 heteroatoms. The maximum atomic E-state index is 13.0. The summed E-state index contributed by atoms with van der Waals surface area (Å²) < 4.78 is 0. The number of fused-ring (bicyclic) bond motifs is 1. The molecule has 1 fully saturated rings. The first-order valence-corrected chi connectivity index (χ1v) is 10.5. The van der Waals surface area contributed by atoms with Gasteiger partial charge in [0.15, 0.2) is 0 Å². The summed E-state index contributed by atoms with van der Waals surface area (Å²) in [6.45, 7) is 2.67. The Bertz CT molecular complexity index is 997. The Hall–Kier alpha value is -2.99. The number of aliphatic hydroxyl groups is 1. The molecule has 0 unspecified atom stereocenters. The van der Waals surface area contributed by atoms with Crippen LogP contribution >= 0.6 is 0 Å². The van der Waals surface area contributed by atoms with Crippen molar-refractivity contribution in [3.8, 4) is 0 Å². The van der Waals surface area contributed by atoms with Crippen molar-refractivity contribution >= 4 is 11.6 Å². The maximum absolute atomic E-state index is 13.0. The van der Waals surface area contributed by atoms with Crippen LogP contribution in [0.1, 0.15) is 57.6 Å². The van der Waals surface area contributed by atoms with Crippen molar-refractivity contribution in [3.63, 3.8) is 0 Å². The number of hydrogen-bond acceptors (Lipinski definition) is 5. The molecule has 1 aromatic carbocycles. The lowest BCUT2D eigenvalue weighted by atomic mass is 9.96. The van der Waals surface area contributed by atoms with Crippen molar-refractivity contribution in [2.24, 2.45) is 0 Å². The van der Waals surface area contributed by atoms with E-state index in [0.29, 0.717) is 24.4 Å². The largest absolute Gasteiger partial charge is 0.394 e. The Balaban J connectivity index is 1.52. The van der Waals surface area contributed by atoms with Gasteiger partial charge in [-0.15, -0.1) is 0 Å². The molecule has 6 nitrogen and oxygen atoms in total. The quantitative estimate of drug-likeness (QED) is 0.646. The van der Waals surface area contributed by atoms with Gasteiger partial charge in [-0.05, 0) is 79.3 Å². The summed E-state index contributed by atoms with van der Waals surface area (Å²) in [4.78, 5) is 19.3. The zero-order chi connectivity index (χ0) is 21.3. The fraction of sp³-hybridized carbons (Fsp3) is 0.375. The maximum Gasteiger partial charge on any atom is 0.254 e. The van der Waals surface area contributed by atoms with E-state index in [4.69, 9.17) is 5.41 Å². The van der Waals surface area contributed by atoms with Gasteiger partial charge in [0.25, 0.3) is 5.91 Å². The van der Waals surface area contributed by atoms with E-state index in [-0.39, 0.29) is 11.9 Å². The molecule has 30 heavy (non-hydrogen) atoms. The Kier molecular flexibility index (Phi) is 5.68. The van der Waals surface area contributed by atoms with E-state index in [1.807, 2.05) is 23.1 Å². The lowest BCUT2D eigenvalue weighted by Crippen LogP contribution is -2.40.